The maximum Gasteiger partial charge on any atom is 0.433 e. The molecule has 0 spiro atoms. The van der Waals surface area contributed by atoms with E-state index in [9.17, 15) is 18.0 Å². The summed E-state index contributed by atoms with van der Waals surface area (Å²) in [6.45, 7) is 0. The number of nitrogens with one attached hydrogen (secondary N) is 2. The summed E-state index contributed by atoms with van der Waals surface area (Å²) in [6.07, 6.45) is -1.64. The van der Waals surface area contributed by atoms with Crippen LogP contribution in [0.5, 0.6) is 0 Å². The van der Waals surface area contributed by atoms with Gasteiger partial charge in [0.1, 0.15) is 5.69 Å². The third-order valence-corrected chi connectivity index (χ3v) is 3.30. The zero-order valence-electron chi connectivity index (χ0n) is 11.9. The topological polar surface area (TPSA) is 66.9 Å². The van der Waals surface area contributed by atoms with Crippen LogP contribution in [0.4, 0.5) is 30.5 Å². The Balaban J connectivity index is 1.67. The second-order valence-corrected chi connectivity index (χ2v) is 5.23. The minimum absolute atomic E-state index is 0.00748. The molecule has 1 aromatic carbocycles. The van der Waals surface area contributed by atoms with Crippen molar-refractivity contribution in [1.29, 1.82) is 0 Å². The second kappa shape index (κ2) is 5.86. The summed E-state index contributed by atoms with van der Waals surface area (Å²) >= 11 is 0. The first-order chi connectivity index (χ1) is 10.9. The minimum atomic E-state index is -4.52. The number of hydrogen-bond donors (Lipinski definition) is 2. The Morgan fingerprint density at radius 2 is 1.74 bits per heavy atom. The van der Waals surface area contributed by atoms with Gasteiger partial charge in [0.05, 0.1) is 0 Å². The molecule has 1 aromatic heterocycles. The van der Waals surface area contributed by atoms with Crippen molar-refractivity contribution < 1.29 is 18.0 Å². The number of hydrogen-bond acceptors (Lipinski definition) is 4. The standard InChI is InChI=1S/C15H13F3N4O/c16-15(17,18)12-7-8-19-14(22-12)21-11-5-3-10(4-6-11)20-13(23)9-1-2-9/h3-9H,1-2H2,(H,20,23)(H,19,21,22). The zero-order valence-corrected chi connectivity index (χ0v) is 11.9. The Labute approximate surface area is 130 Å². The highest BCUT2D eigenvalue weighted by atomic mass is 19.4. The fourth-order valence-electron chi connectivity index (χ4n) is 1.93. The highest BCUT2D eigenvalue weighted by Crippen LogP contribution is 2.30. The Morgan fingerprint density at radius 1 is 1.09 bits per heavy atom. The molecule has 1 saturated carbocycles. The number of carbonyl (C=O) groups is 1. The summed E-state index contributed by atoms with van der Waals surface area (Å²) in [7, 11) is 0. The van der Waals surface area contributed by atoms with Gasteiger partial charge in [-0.05, 0) is 43.2 Å². The molecule has 1 heterocycles. The van der Waals surface area contributed by atoms with E-state index in [0.29, 0.717) is 11.4 Å². The van der Waals surface area contributed by atoms with Crippen molar-refractivity contribution in [3.8, 4) is 0 Å². The molecule has 0 saturated heterocycles. The Bertz CT molecular complexity index is 711. The predicted molar refractivity (Wildman–Crippen MR) is 78.1 cm³/mol. The predicted octanol–water partition coefficient (Wildman–Crippen LogP) is 3.59. The molecule has 0 atom stereocenters. The van der Waals surface area contributed by atoms with Crippen molar-refractivity contribution in [2.75, 3.05) is 10.6 Å². The minimum Gasteiger partial charge on any atom is -0.326 e. The van der Waals surface area contributed by atoms with E-state index in [1.165, 1.54) is 0 Å². The van der Waals surface area contributed by atoms with Crippen LogP contribution in [0.25, 0.3) is 0 Å². The summed E-state index contributed by atoms with van der Waals surface area (Å²) in [5, 5.41) is 5.47. The summed E-state index contributed by atoms with van der Waals surface area (Å²) in [5.74, 6) is -0.0483. The van der Waals surface area contributed by atoms with Gasteiger partial charge < -0.3 is 10.6 Å². The molecular formula is C15H13F3N4O. The molecular weight excluding hydrogens is 309 g/mol. The van der Waals surface area contributed by atoms with E-state index in [0.717, 1.165) is 25.1 Å². The van der Waals surface area contributed by atoms with E-state index in [2.05, 4.69) is 20.6 Å². The van der Waals surface area contributed by atoms with Crippen molar-refractivity contribution in [2.24, 2.45) is 5.92 Å². The number of alkyl halides is 3. The third-order valence-electron chi connectivity index (χ3n) is 3.30. The van der Waals surface area contributed by atoms with E-state index >= 15 is 0 Å². The fraction of sp³-hybridized carbons (Fsp3) is 0.267. The average Bonchev–Trinajstić information content (AvgIpc) is 3.33. The van der Waals surface area contributed by atoms with Crippen LogP contribution in [0.3, 0.4) is 0 Å². The maximum atomic E-state index is 12.6. The summed E-state index contributed by atoms with van der Waals surface area (Å²) in [4.78, 5) is 18.8. The lowest BCUT2D eigenvalue weighted by Crippen LogP contribution is -2.13. The van der Waals surface area contributed by atoms with Crippen molar-refractivity contribution in [3.05, 3.63) is 42.2 Å². The van der Waals surface area contributed by atoms with Gasteiger partial charge in [-0.25, -0.2) is 9.97 Å². The summed E-state index contributed by atoms with van der Waals surface area (Å²) in [6, 6.07) is 7.40. The van der Waals surface area contributed by atoms with Crippen LogP contribution >= 0.6 is 0 Å². The normalized spacial score (nSPS) is 14.4. The fourth-order valence-corrected chi connectivity index (χ4v) is 1.93. The largest absolute Gasteiger partial charge is 0.433 e. The summed E-state index contributed by atoms with van der Waals surface area (Å²) < 4.78 is 37.8. The Kier molecular flexibility index (Phi) is 3.89. The van der Waals surface area contributed by atoms with E-state index in [1.54, 1.807) is 24.3 Å². The van der Waals surface area contributed by atoms with Crippen molar-refractivity contribution >= 4 is 23.2 Å². The Hall–Kier alpha value is -2.64. The molecule has 0 aliphatic heterocycles. The van der Waals surface area contributed by atoms with Crippen LogP contribution in [0.1, 0.15) is 18.5 Å². The summed E-state index contributed by atoms with van der Waals surface area (Å²) in [5.41, 5.74) is 0.148. The van der Waals surface area contributed by atoms with Gasteiger partial charge in [0.15, 0.2) is 0 Å². The number of benzene rings is 1. The first kappa shape index (κ1) is 15.3. The number of nitrogens with zero attached hydrogens (tertiary/aromatic N) is 2. The quantitative estimate of drug-likeness (QED) is 0.903. The van der Waals surface area contributed by atoms with Gasteiger partial charge in [-0.2, -0.15) is 13.2 Å². The first-order valence-electron chi connectivity index (χ1n) is 7.00. The maximum absolute atomic E-state index is 12.6. The molecule has 1 fully saturated rings. The zero-order chi connectivity index (χ0) is 16.4. The molecule has 1 aliphatic rings. The molecule has 0 unspecified atom stereocenters. The highest BCUT2D eigenvalue weighted by molar-refractivity contribution is 5.94. The van der Waals surface area contributed by atoms with Crippen molar-refractivity contribution in [2.45, 2.75) is 19.0 Å². The molecule has 0 bridgehead atoms. The molecule has 8 heteroatoms. The van der Waals surface area contributed by atoms with Crippen LogP contribution < -0.4 is 10.6 Å². The SMILES string of the molecule is O=C(Nc1ccc(Nc2nccc(C(F)(F)F)n2)cc1)C1CC1. The average molecular weight is 322 g/mol. The van der Waals surface area contributed by atoms with Crippen LogP contribution in [-0.4, -0.2) is 15.9 Å². The van der Waals surface area contributed by atoms with E-state index < -0.39 is 11.9 Å². The number of rotatable bonds is 4. The third kappa shape index (κ3) is 3.97. The van der Waals surface area contributed by atoms with E-state index in [-0.39, 0.29) is 17.8 Å². The van der Waals surface area contributed by atoms with Gasteiger partial charge in [0.2, 0.25) is 11.9 Å². The molecule has 3 rings (SSSR count). The van der Waals surface area contributed by atoms with Crippen molar-refractivity contribution in [1.82, 2.24) is 9.97 Å². The molecule has 23 heavy (non-hydrogen) atoms. The number of carbonyl (C=O) groups excluding carboxylic acids is 1. The lowest BCUT2D eigenvalue weighted by Gasteiger charge is -2.09. The molecule has 0 radical (unpaired) electrons. The number of aromatic nitrogens is 2. The first-order valence-corrected chi connectivity index (χ1v) is 7.00. The molecule has 1 aliphatic carbocycles. The van der Waals surface area contributed by atoms with Gasteiger partial charge in [0.25, 0.3) is 0 Å². The van der Waals surface area contributed by atoms with Crippen LogP contribution in [0.2, 0.25) is 0 Å². The number of halogens is 3. The van der Waals surface area contributed by atoms with Crippen LogP contribution in [0.15, 0.2) is 36.5 Å². The Morgan fingerprint density at radius 3 is 2.35 bits per heavy atom. The van der Waals surface area contributed by atoms with Gasteiger partial charge in [-0.3, -0.25) is 4.79 Å². The number of amides is 1. The van der Waals surface area contributed by atoms with E-state index in [4.69, 9.17) is 0 Å². The lowest BCUT2D eigenvalue weighted by molar-refractivity contribution is -0.141. The lowest BCUT2D eigenvalue weighted by atomic mass is 10.2. The molecule has 2 N–H and O–H groups in total. The molecule has 5 nitrogen and oxygen atoms in total. The monoisotopic (exact) mass is 322 g/mol. The van der Waals surface area contributed by atoms with E-state index in [1.807, 2.05) is 0 Å². The van der Waals surface area contributed by atoms with Gasteiger partial charge in [-0.15, -0.1) is 0 Å². The van der Waals surface area contributed by atoms with Crippen LogP contribution in [0, 0.1) is 5.92 Å². The van der Waals surface area contributed by atoms with Gasteiger partial charge in [0, 0.05) is 23.5 Å². The molecule has 1 amide bonds. The van der Waals surface area contributed by atoms with Crippen molar-refractivity contribution in [3.63, 3.8) is 0 Å². The molecule has 120 valence electrons. The highest BCUT2D eigenvalue weighted by Gasteiger charge is 2.32. The second-order valence-electron chi connectivity index (χ2n) is 5.23. The van der Waals surface area contributed by atoms with Gasteiger partial charge in [-0.1, -0.05) is 0 Å². The van der Waals surface area contributed by atoms with Gasteiger partial charge >= 0.3 is 6.18 Å². The molecule has 2 aromatic rings. The number of anilines is 3. The smallest absolute Gasteiger partial charge is 0.326 e. The van der Waals surface area contributed by atoms with Crippen LogP contribution in [-0.2, 0) is 11.0 Å².